The molecule has 0 fully saturated rings. The molecule has 0 unspecified atom stereocenters. The van der Waals surface area contributed by atoms with Gasteiger partial charge in [-0.2, -0.15) is 0 Å². The quantitative estimate of drug-likeness (QED) is 0.362. The molecule has 1 aromatic carbocycles. The number of hydrogen-bond donors (Lipinski definition) is 2. The van der Waals surface area contributed by atoms with Gasteiger partial charge in [0.2, 0.25) is 0 Å². The van der Waals surface area contributed by atoms with Crippen molar-refractivity contribution in [1.82, 2.24) is 15.8 Å². The predicted molar refractivity (Wildman–Crippen MR) is 126 cm³/mol. The molecule has 28 heavy (non-hydrogen) atoms. The molecule has 7 heteroatoms. The largest absolute Gasteiger partial charge is 0.374 e. The highest BCUT2D eigenvalue weighted by Gasteiger charge is 2.15. The Labute approximate surface area is 185 Å². The smallest absolute Gasteiger partial charge is 0.191 e. The lowest BCUT2D eigenvalue weighted by molar-refractivity contribution is 0.380. The van der Waals surface area contributed by atoms with Gasteiger partial charge in [0, 0.05) is 51.4 Å². The van der Waals surface area contributed by atoms with Crippen molar-refractivity contribution in [2.24, 2.45) is 4.99 Å². The van der Waals surface area contributed by atoms with Gasteiger partial charge in [-0.1, -0.05) is 31.1 Å². The predicted octanol–water partition coefficient (Wildman–Crippen LogP) is 3.67. The van der Waals surface area contributed by atoms with E-state index in [0.717, 1.165) is 55.3 Å². The number of fused-ring (bicyclic) bond motifs is 1. The van der Waals surface area contributed by atoms with Crippen LogP contribution in [0.1, 0.15) is 48.4 Å². The number of benzene rings is 1. The van der Waals surface area contributed by atoms with Gasteiger partial charge < -0.3 is 20.1 Å². The first-order valence-corrected chi connectivity index (χ1v) is 9.90. The maximum Gasteiger partial charge on any atom is 0.191 e. The number of guanidine groups is 1. The summed E-state index contributed by atoms with van der Waals surface area (Å²) in [5.74, 6) is 1.74. The summed E-state index contributed by atoms with van der Waals surface area (Å²) in [6, 6.07) is 6.75. The van der Waals surface area contributed by atoms with Crippen molar-refractivity contribution < 1.29 is 4.52 Å². The van der Waals surface area contributed by atoms with E-state index in [2.05, 4.69) is 64.8 Å². The van der Waals surface area contributed by atoms with Crippen molar-refractivity contribution in [2.45, 2.75) is 52.6 Å². The van der Waals surface area contributed by atoms with Crippen molar-refractivity contribution >= 4 is 35.6 Å². The molecule has 0 saturated heterocycles. The van der Waals surface area contributed by atoms with Gasteiger partial charge >= 0.3 is 0 Å². The van der Waals surface area contributed by atoms with Crippen LogP contribution in [0.15, 0.2) is 27.7 Å². The second-order valence-corrected chi connectivity index (χ2v) is 7.01. The van der Waals surface area contributed by atoms with Crippen LogP contribution in [0.3, 0.4) is 0 Å². The Morgan fingerprint density at radius 1 is 1.21 bits per heavy atom. The number of rotatable bonds is 6. The van der Waals surface area contributed by atoms with Gasteiger partial charge in [-0.25, -0.2) is 0 Å². The molecule has 0 bridgehead atoms. The fourth-order valence-electron chi connectivity index (χ4n) is 3.66. The van der Waals surface area contributed by atoms with Crippen molar-refractivity contribution in [3.05, 3.63) is 46.3 Å². The minimum atomic E-state index is 0. The van der Waals surface area contributed by atoms with E-state index < -0.39 is 0 Å². The first-order valence-electron chi connectivity index (χ1n) is 9.90. The molecule has 0 amide bonds. The molecule has 2 aromatic rings. The van der Waals surface area contributed by atoms with Crippen LogP contribution in [0.2, 0.25) is 0 Å². The zero-order valence-corrected chi connectivity index (χ0v) is 19.7. The molecule has 2 heterocycles. The Balaban J connectivity index is 0.00000280. The Bertz CT molecular complexity index is 781. The highest BCUT2D eigenvalue weighted by Crippen LogP contribution is 2.26. The molecule has 1 aromatic heterocycles. The van der Waals surface area contributed by atoms with Crippen molar-refractivity contribution in [1.29, 1.82) is 0 Å². The minimum Gasteiger partial charge on any atom is -0.374 e. The lowest BCUT2D eigenvalue weighted by Crippen LogP contribution is -2.36. The Hall–Kier alpha value is -1.77. The number of aliphatic imine (C=N–C) groups is 1. The molecule has 6 nitrogen and oxygen atoms in total. The SMILES string of the molecule is CCc1noc(CC)c1CNC(=NC)NCc1ccc2c(c1)CCCN2C.I. The molecule has 1 aliphatic heterocycles. The molecular weight excluding hydrogens is 465 g/mol. The average Bonchev–Trinajstić information content (AvgIpc) is 3.10. The van der Waals surface area contributed by atoms with Gasteiger partial charge in [0.15, 0.2) is 5.96 Å². The number of aromatic nitrogens is 1. The van der Waals surface area contributed by atoms with Crippen molar-refractivity contribution in [2.75, 3.05) is 25.5 Å². The molecular formula is C21H32IN5O. The van der Waals surface area contributed by atoms with Crippen LogP contribution >= 0.6 is 24.0 Å². The summed E-state index contributed by atoms with van der Waals surface area (Å²) in [5, 5.41) is 11.0. The summed E-state index contributed by atoms with van der Waals surface area (Å²) in [5.41, 5.74) is 6.25. The number of hydrogen-bond acceptors (Lipinski definition) is 4. The van der Waals surface area contributed by atoms with Gasteiger partial charge in [0.05, 0.1) is 5.69 Å². The normalized spacial score (nSPS) is 13.7. The number of aryl methyl sites for hydroxylation is 3. The second-order valence-electron chi connectivity index (χ2n) is 7.01. The van der Waals surface area contributed by atoms with Crippen molar-refractivity contribution in [3.8, 4) is 0 Å². The van der Waals surface area contributed by atoms with Gasteiger partial charge in [0.25, 0.3) is 0 Å². The van der Waals surface area contributed by atoms with Gasteiger partial charge in [-0.3, -0.25) is 4.99 Å². The van der Waals surface area contributed by atoms with Crippen LogP contribution in [-0.2, 0) is 32.4 Å². The third kappa shape index (κ3) is 5.18. The van der Waals surface area contributed by atoms with E-state index in [1.807, 2.05) is 0 Å². The van der Waals surface area contributed by atoms with Gasteiger partial charge in [0.1, 0.15) is 5.76 Å². The highest BCUT2D eigenvalue weighted by atomic mass is 127. The molecule has 0 aliphatic carbocycles. The molecule has 0 saturated carbocycles. The molecule has 154 valence electrons. The number of nitrogens with one attached hydrogen (secondary N) is 2. The lowest BCUT2D eigenvalue weighted by Gasteiger charge is -2.28. The molecule has 1 aliphatic rings. The fraction of sp³-hybridized carbons (Fsp3) is 0.524. The average molecular weight is 497 g/mol. The number of halogens is 1. The van der Waals surface area contributed by atoms with Gasteiger partial charge in [-0.15, -0.1) is 24.0 Å². The number of nitrogens with zero attached hydrogens (tertiary/aromatic N) is 3. The molecule has 2 N–H and O–H groups in total. The highest BCUT2D eigenvalue weighted by molar-refractivity contribution is 14.0. The van der Waals surface area contributed by atoms with Crippen LogP contribution in [-0.4, -0.2) is 31.8 Å². The van der Waals surface area contributed by atoms with E-state index in [0.29, 0.717) is 6.54 Å². The van der Waals surface area contributed by atoms with Crippen LogP contribution < -0.4 is 15.5 Å². The van der Waals surface area contributed by atoms with E-state index in [9.17, 15) is 0 Å². The molecule has 3 rings (SSSR count). The first kappa shape index (κ1) is 22.5. The minimum absolute atomic E-state index is 0. The van der Waals surface area contributed by atoms with Crippen LogP contribution in [0.5, 0.6) is 0 Å². The zero-order valence-electron chi connectivity index (χ0n) is 17.3. The Morgan fingerprint density at radius 2 is 2.00 bits per heavy atom. The maximum atomic E-state index is 5.44. The van der Waals surface area contributed by atoms with Crippen LogP contribution in [0.4, 0.5) is 5.69 Å². The number of anilines is 1. The molecule has 0 atom stereocenters. The molecule has 0 spiro atoms. The summed E-state index contributed by atoms with van der Waals surface area (Å²) in [4.78, 5) is 6.69. The van der Waals surface area contributed by atoms with Crippen molar-refractivity contribution in [3.63, 3.8) is 0 Å². The van der Waals surface area contributed by atoms with E-state index >= 15 is 0 Å². The monoisotopic (exact) mass is 497 g/mol. The maximum absolute atomic E-state index is 5.44. The Kier molecular flexibility index (Phi) is 8.59. The van der Waals surface area contributed by atoms with Gasteiger partial charge in [-0.05, 0) is 36.5 Å². The summed E-state index contributed by atoms with van der Waals surface area (Å²) in [6.45, 7) is 6.75. The summed E-state index contributed by atoms with van der Waals surface area (Å²) < 4.78 is 5.44. The fourth-order valence-corrected chi connectivity index (χ4v) is 3.66. The third-order valence-electron chi connectivity index (χ3n) is 5.22. The Morgan fingerprint density at radius 3 is 2.71 bits per heavy atom. The third-order valence-corrected chi connectivity index (χ3v) is 5.22. The van der Waals surface area contributed by atoms with E-state index in [-0.39, 0.29) is 24.0 Å². The van der Waals surface area contributed by atoms with Crippen LogP contribution in [0, 0.1) is 0 Å². The second kappa shape index (κ2) is 10.7. The van der Waals surface area contributed by atoms with E-state index in [4.69, 9.17) is 4.52 Å². The standard InChI is InChI=1S/C21H31N5O.HI/c1-5-18-17(20(6-2)27-25-18)14-24-21(22-3)23-13-15-9-10-19-16(12-15)8-7-11-26(19)4;/h9-10,12H,5-8,11,13-14H2,1-4H3,(H2,22,23,24);1H. The summed E-state index contributed by atoms with van der Waals surface area (Å²) >= 11 is 0. The van der Waals surface area contributed by atoms with E-state index in [1.54, 1.807) is 7.05 Å². The summed E-state index contributed by atoms with van der Waals surface area (Å²) in [6.07, 6.45) is 4.10. The van der Waals surface area contributed by atoms with Crippen LogP contribution in [0.25, 0.3) is 0 Å². The zero-order chi connectivity index (χ0) is 19.2. The molecule has 0 radical (unpaired) electrons. The summed E-state index contributed by atoms with van der Waals surface area (Å²) in [7, 11) is 3.97. The van der Waals surface area contributed by atoms with E-state index in [1.165, 1.54) is 23.2 Å². The first-order chi connectivity index (χ1) is 13.2. The topological polar surface area (TPSA) is 65.7 Å². The lowest BCUT2D eigenvalue weighted by atomic mass is 9.99.